The average Bonchev–Trinajstić information content (AvgIpc) is 3.00. The van der Waals surface area contributed by atoms with E-state index in [4.69, 9.17) is 80.3 Å². The van der Waals surface area contributed by atoms with Crippen molar-refractivity contribution in [1.29, 1.82) is 0 Å². The maximum absolute atomic E-state index is 11.0. The first-order valence-electron chi connectivity index (χ1n) is 12.0. The molecular weight excluding hydrogens is 775 g/mol. The van der Waals surface area contributed by atoms with E-state index in [0.29, 0.717) is 15.4 Å². The van der Waals surface area contributed by atoms with E-state index in [2.05, 4.69) is 0 Å². The molecule has 0 saturated heterocycles. The van der Waals surface area contributed by atoms with Crippen molar-refractivity contribution >= 4 is 101 Å². The molecule has 0 fully saturated rings. The number of aryl methyl sites for hydroxylation is 1. The molecule has 0 aliphatic rings. The third-order valence-electron chi connectivity index (χ3n) is 5.21. The third kappa shape index (κ3) is 16.4. The molecule has 0 spiro atoms. The zero-order valence-corrected chi connectivity index (χ0v) is 30.0. The van der Waals surface area contributed by atoms with E-state index in [1.165, 1.54) is 24.3 Å². The molecule has 9 nitrogen and oxygen atoms in total. The van der Waals surface area contributed by atoms with Crippen LogP contribution >= 0.6 is 0 Å². The van der Waals surface area contributed by atoms with Crippen molar-refractivity contribution in [2.45, 2.75) is 11.8 Å². The molecule has 0 amide bonds. The molecule has 4 aromatic carbocycles. The fraction of sp³-hybridized carbons (Fsp3) is 0.0345. The summed E-state index contributed by atoms with van der Waals surface area (Å²) in [5, 5.41) is 0. The van der Waals surface area contributed by atoms with Crippen molar-refractivity contribution in [3.63, 3.8) is 0 Å². The molecule has 46 heavy (non-hydrogen) atoms. The van der Waals surface area contributed by atoms with Crippen molar-refractivity contribution in [3.8, 4) is 0 Å². The van der Waals surface area contributed by atoms with Crippen LogP contribution in [0.2, 0.25) is 0 Å². The molecule has 1 N–H and O–H groups in total. The number of hydrogen-bond acceptors (Lipinski definition) is 12. The second-order valence-corrected chi connectivity index (χ2v) is 12.2. The van der Waals surface area contributed by atoms with E-state index in [-0.39, 0.29) is 21.4 Å². The van der Waals surface area contributed by atoms with Crippen molar-refractivity contribution in [2.24, 2.45) is 0 Å². The van der Waals surface area contributed by atoms with Crippen LogP contribution in [0.5, 0.6) is 0 Å². The molecule has 4 aromatic rings. The fourth-order valence-corrected chi connectivity index (χ4v) is 4.68. The molecule has 0 atom stereocenters. The minimum Gasteiger partial charge on any atom is -0.781 e. The summed E-state index contributed by atoms with van der Waals surface area (Å²) < 4.78 is 81.6. The molecule has 0 aliphatic heterocycles. The summed E-state index contributed by atoms with van der Waals surface area (Å²) in [5.41, 5.74) is 4.63. The van der Waals surface area contributed by atoms with Gasteiger partial charge in [-0.05, 0) is 41.3 Å². The minimum atomic E-state index is -4.20. The van der Waals surface area contributed by atoms with Gasteiger partial charge in [-0.1, -0.05) is 103 Å². The van der Waals surface area contributed by atoms with E-state index < -0.39 is 31.3 Å². The summed E-state index contributed by atoms with van der Waals surface area (Å²) >= 11 is 21.5. The monoisotopic (exact) mass is 796 g/mol. The summed E-state index contributed by atoms with van der Waals surface area (Å²) in [4.78, 5) is 2.30. The molecule has 0 aliphatic carbocycles. The largest absolute Gasteiger partial charge is 0.781 e. The van der Waals surface area contributed by atoms with Crippen LogP contribution in [0.25, 0.3) is 19.6 Å². The maximum Gasteiger partial charge on any atom is 0.425 e. The Labute approximate surface area is 302 Å². The summed E-state index contributed by atoms with van der Waals surface area (Å²) in [5.74, 6) is 0. The van der Waals surface area contributed by atoms with Gasteiger partial charge in [-0.3, -0.25) is 4.55 Å². The van der Waals surface area contributed by atoms with Crippen LogP contribution in [0.3, 0.4) is 0 Å². The van der Waals surface area contributed by atoms with Crippen molar-refractivity contribution in [1.82, 2.24) is 0 Å². The zero-order chi connectivity index (χ0) is 34.2. The summed E-state index contributed by atoms with van der Waals surface area (Å²) in [7, 11) is -10.4. The van der Waals surface area contributed by atoms with Crippen LogP contribution in [0, 0.1) is 6.92 Å². The van der Waals surface area contributed by atoms with Gasteiger partial charge in [0.15, 0.2) is 0 Å². The Hall–Kier alpha value is -3.12. The van der Waals surface area contributed by atoms with Crippen LogP contribution in [0.1, 0.15) is 27.8 Å². The van der Waals surface area contributed by atoms with Gasteiger partial charge < -0.3 is 50.5 Å². The molecule has 0 saturated carbocycles. The number of benzene rings is 4. The van der Waals surface area contributed by atoms with Gasteiger partial charge in [-0.25, -0.2) is 0 Å². The Bertz CT molecular complexity index is 1860. The van der Waals surface area contributed by atoms with Crippen LogP contribution in [-0.4, -0.2) is 38.2 Å². The van der Waals surface area contributed by atoms with Crippen LogP contribution < -0.4 is 0 Å². The normalized spacial score (nSPS) is 11.1. The minimum absolute atomic E-state index is 0. The second-order valence-electron chi connectivity index (χ2n) is 8.32. The Morgan fingerprint density at radius 3 is 1.00 bits per heavy atom. The molecule has 4 rings (SSSR count). The molecule has 0 unspecified atom stereocenters. The van der Waals surface area contributed by atoms with Gasteiger partial charge in [-0.2, -0.15) is 28.0 Å². The molecule has 17 heteroatoms. The summed E-state index contributed by atoms with van der Waals surface area (Å²) in [6.07, 6.45) is 0. The Kier molecular flexibility index (Phi) is 20.2. The number of hydrogen-bond donors (Lipinski definition) is 1. The Morgan fingerprint density at radius 2 is 0.739 bits per heavy atom. The predicted molar refractivity (Wildman–Crippen MR) is 183 cm³/mol. The first-order valence-corrected chi connectivity index (χ1v) is 17.1. The van der Waals surface area contributed by atoms with Crippen molar-refractivity contribution < 1.29 is 54.7 Å². The quantitative estimate of drug-likeness (QED) is 0.128. The molecule has 0 bridgehead atoms. The topological polar surface area (TPSA) is 157 Å². The number of rotatable bonds is 5. The van der Waals surface area contributed by atoms with Gasteiger partial charge in [-0.15, -0.1) is 25.3 Å². The predicted octanol–water partition coefficient (Wildman–Crippen LogP) is 4.76. The summed E-state index contributed by atoms with van der Waals surface area (Å²) in [6, 6.07) is 33.1. The summed E-state index contributed by atoms with van der Waals surface area (Å²) in [6.45, 7) is 1.99. The first kappa shape index (κ1) is 42.9. The van der Waals surface area contributed by atoms with E-state index in [1.807, 2.05) is 91.9 Å². The Balaban J connectivity index is 0.000000715. The van der Waals surface area contributed by atoms with Gasteiger partial charge in [0.05, 0.1) is 4.90 Å². The molecule has 0 radical (unpaired) electrons. The van der Waals surface area contributed by atoms with Gasteiger partial charge >= 0.3 is 21.2 Å². The molecule has 0 aromatic heterocycles. The van der Waals surface area contributed by atoms with Gasteiger partial charge in [0.2, 0.25) is 0 Å². The molecule has 0 heterocycles. The van der Waals surface area contributed by atoms with Gasteiger partial charge in [0, 0.05) is 16.5 Å². The van der Waals surface area contributed by atoms with Crippen LogP contribution in [0.4, 0.5) is 0 Å². The van der Waals surface area contributed by atoms with Crippen LogP contribution in [-0.2, 0) is 98.3 Å². The van der Waals surface area contributed by atoms with Crippen molar-refractivity contribution in [2.75, 3.05) is 0 Å². The first-order chi connectivity index (χ1) is 21.0. The zero-order valence-electron chi connectivity index (χ0n) is 23.3. The van der Waals surface area contributed by atoms with Gasteiger partial charge in [0.25, 0.3) is 10.1 Å². The maximum atomic E-state index is 11.0. The standard InChI is InChI=1S/C15H14O3S3.C14H12S2.Ni.2O3S/c1-10-2-4-11(5-3-10)14(19)15(20)12-6-8-13(9-7-12)21(16,17)18;15-13(11-7-3-1-4-8-11)14(16)12-9-5-2-6-10-12;;2*1-4(2)3/h2-9,19-20H,1H3,(H,16,17,18);1-10,15-16H;;;/p-4. The van der Waals surface area contributed by atoms with E-state index in [0.717, 1.165) is 32.1 Å². The average molecular weight is 798 g/mol. The molecule has 248 valence electrons. The van der Waals surface area contributed by atoms with Crippen molar-refractivity contribution in [3.05, 3.63) is 137 Å². The van der Waals surface area contributed by atoms with E-state index in [9.17, 15) is 8.42 Å². The van der Waals surface area contributed by atoms with E-state index in [1.54, 1.807) is 0 Å². The van der Waals surface area contributed by atoms with Gasteiger partial charge in [0.1, 0.15) is 0 Å². The second kappa shape index (κ2) is 21.6. The smallest absolute Gasteiger partial charge is 0.425 e. The van der Waals surface area contributed by atoms with Crippen LogP contribution in [0.15, 0.2) is 114 Å². The third-order valence-corrected chi connectivity index (χ3v) is 8.10. The molecular formula is C29H22NiO9S7-4. The Morgan fingerprint density at radius 1 is 0.500 bits per heavy atom. The SMILES string of the molecule is Cc1ccc(C([S-])=C([S-])c2ccc(S(=O)(=O)O)cc2)cc1.O=S(=O)=O.O=S(=O)=O.[Ni].[S-]C(=C([S-])c1ccccc1)c1ccccc1. The fourth-order valence-electron chi connectivity index (χ4n) is 3.19. The van der Waals surface area contributed by atoms with E-state index >= 15 is 0 Å².